The number of hydrogen-bond donors (Lipinski definition) is 0. The maximum atomic E-state index is 11.5. The molecule has 0 aromatic heterocycles. The second-order valence-corrected chi connectivity index (χ2v) is 4.44. The SMILES string of the molecule is CC(C)N(C)CC1CCCCC1=O. The van der Waals surface area contributed by atoms with Gasteiger partial charge >= 0.3 is 0 Å². The number of hydrogen-bond acceptors (Lipinski definition) is 2. The summed E-state index contributed by atoms with van der Waals surface area (Å²) in [4.78, 5) is 13.8. The molecule has 1 fully saturated rings. The highest BCUT2D eigenvalue weighted by atomic mass is 16.1. The van der Waals surface area contributed by atoms with Crippen LogP contribution in [-0.4, -0.2) is 30.3 Å². The van der Waals surface area contributed by atoms with Crippen LogP contribution < -0.4 is 0 Å². The van der Waals surface area contributed by atoms with E-state index in [1.165, 1.54) is 6.42 Å². The van der Waals surface area contributed by atoms with E-state index in [2.05, 4.69) is 25.8 Å². The van der Waals surface area contributed by atoms with Gasteiger partial charge in [0, 0.05) is 24.9 Å². The number of carbonyl (C=O) groups is 1. The van der Waals surface area contributed by atoms with Crippen molar-refractivity contribution in [1.82, 2.24) is 4.90 Å². The van der Waals surface area contributed by atoms with Gasteiger partial charge in [-0.3, -0.25) is 4.79 Å². The molecule has 2 nitrogen and oxygen atoms in total. The first-order chi connectivity index (χ1) is 6.11. The quantitative estimate of drug-likeness (QED) is 0.667. The Balaban J connectivity index is 2.38. The van der Waals surface area contributed by atoms with E-state index in [1.54, 1.807) is 0 Å². The number of ketones is 1. The van der Waals surface area contributed by atoms with Gasteiger partial charge in [0.1, 0.15) is 5.78 Å². The monoisotopic (exact) mass is 183 g/mol. The third-order valence-corrected chi connectivity index (χ3v) is 3.07. The van der Waals surface area contributed by atoms with Crippen molar-refractivity contribution in [1.29, 1.82) is 0 Å². The maximum absolute atomic E-state index is 11.5. The molecule has 2 heteroatoms. The van der Waals surface area contributed by atoms with E-state index in [4.69, 9.17) is 0 Å². The van der Waals surface area contributed by atoms with E-state index >= 15 is 0 Å². The average molecular weight is 183 g/mol. The molecule has 1 rings (SSSR count). The maximum Gasteiger partial charge on any atom is 0.137 e. The highest BCUT2D eigenvalue weighted by Crippen LogP contribution is 2.21. The standard InChI is InChI=1S/C11H21NO/c1-9(2)12(3)8-10-6-4-5-7-11(10)13/h9-10H,4-8H2,1-3H3. The lowest BCUT2D eigenvalue weighted by atomic mass is 9.87. The van der Waals surface area contributed by atoms with Crippen LogP contribution in [0.15, 0.2) is 0 Å². The lowest BCUT2D eigenvalue weighted by Crippen LogP contribution is -2.36. The minimum Gasteiger partial charge on any atom is -0.303 e. The summed E-state index contributed by atoms with van der Waals surface area (Å²) in [7, 11) is 2.10. The third-order valence-electron chi connectivity index (χ3n) is 3.07. The lowest BCUT2D eigenvalue weighted by molar-refractivity contribution is -0.125. The van der Waals surface area contributed by atoms with Gasteiger partial charge in [-0.1, -0.05) is 6.42 Å². The first-order valence-electron chi connectivity index (χ1n) is 5.34. The molecule has 13 heavy (non-hydrogen) atoms. The molecule has 0 N–H and O–H groups in total. The van der Waals surface area contributed by atoms with E-state index in [1.807, 2.05) is 0 Å². The van der Waals surface area contributed by atoms with Gasteiger partial charge in [0.05, 0.1) is 0 Å². The molecule has 0 spiro atoms. The molecule has 0 amide bonds. The van der Waals surface area contributed by atoms with Crippen molar-refractivity contribution in [3.63, 3.8) is 0 Å². The Bertz CT molecular complexity index is 177. The van der Waals surface area contributed by atoms with Gasteiger partial charge in [-0.25, -0.2) is 0 Å². The summed E-state index contributed by atoms with van der Waals surface area (Å²) in [6.07, 6.45) is 4.27. The second-order valence-electron chi connectivity index (χ2n) is 4.44. The molecule has 0 aromatic rings. The van der Waals surface area contributed by atoms with Crippen LogP contribution in [0.1, 0.15) is 39.5 Å². The highest BCUT2D eigenvalue weighted by molar-refractivity contribution is 5.81. The fourth-order valence-electron chi connectivity index (χ4n) is 1.81. The molecule has 1 aliphatic rings. The molecule has 1 aliphatic carbocycles. The molecule has 1 unspecified atom stereocenters. The normalized spacial score (nSPS) is 24.4. The third kappa shape index (κ3) is 3.11. The van der Waals surface area contributed by atoms with Crippen LogP contribution in [0.5, 0.6) is 0 Å². The average Bonchev–Trinajstić information content (AvgIpc) is 2.08. The van der Waals surface area contributed by atoms with Crippen molar-refractivity contribution in [2.24, 2.45) is 5.92 Å². The van der Waals surface area contributed by atoms with E-state index in [0.29, 0.717) is 17.7 Å². The van der Waals surface area contributed by atoms with E-state index in [9.17, 15) is 4.79 Å². The Kier molecular flexibility index (Phi) is 3.91. The molecule has 76 valence electrons. The van der Waals surface area contributed by atoms with Gasteiger partial charge in [-0.15, -0.1) is 0 Å². The summed E-state index contributed by atoms with van der Waals surface area (Å²) in [5.74, 6) is 0.805. The first-order valence-corrected chi connectivity index (χ1v) is 5.34. The highest BCUT2D eigenvalue weighted by Gasteiger charge is 2.23. The zero-order chi connectivity index (χ0) is 9.84. The Morgan fingerprint density at radius 1 is 1.46 bits per heavy atom. The number of Topliss-reactive ketones (excluding diaryl/α,β-unsaturated/α-hetero) is 1. The zero-order valence-corrected chi connectivity index (χ0v) is 9.05. The molecule has 0 aromatic carbocycles. The molecular weight excluding hydrogens is 162 g/mol. The molecule has 0 saturated heterocycles. The molecule has 1 saturated carbocycles. The van der Waals surface area contributed by atoms with Gasteiger partial charge in [0.2, 0.25) is 0 Å². The van der Waals surface area contributed by atoms with Crippen LogP contribution in [0, 0.1) is 5.92 Å². The molecule has 1 atom stereocenters. The first kappa shape index (κ1) is 10.7. The van der Waals surface area contributed by atoms with E-state index in [-0.39, 0.29) is 0 Å². The minimum atomic E-state index is 0.321. The van der Waals surface area contributed by atoms with Crippen LogP contribution in [-0.2, 0) is 4.79 Å². The van der Waals surface area contributed by atoms with Crippen molar-refractivity contribution in [3.05, 3.63) is 0 Å². The Morgan fingerprint density at radius 3 is 2.69 bits per heavy atom. The summed E-state index contributed by atoms with van der Waals surface area (Å²) >= 11 is 0. The minimum absolute atomic E-state index is 0.321. The van der Waals surface area contributed by atoms with Crippen LogP contribution in [0.4, 0.5) is 0 Å². The van der Waals surface area contributed by atoms with Crippen LogP contribution in [0.25, 0.3) is 0 Å². The lowest BCUT2D eigenvalue weighted by Gasteiger charge is -2.28. The largest absolute Gasteiger partial charge is 0.303 e. The van der Waals surface area contributed by atoms with Gasteiger partial charge in [-0.05, 0) is 33.7 Å². The fourth-order valence-corrected chi connectivity index (χ4v) is 1.81. The Labute approximate surface area is 81.3 Å². The van der Waals surface area contributed by atoms with Gasteiger partial charge in [0.15, 0.2) is 0 Å². The topological polar surface area (TPSA) is 20.3 Å². The van der Waals surface area contributed by atoms with Crippen molar-refractivity contribution in [2.75, 3.05) is 13.6 Å². The van der Waals surface area contributed by atoms with Crippen LogP contribution >= 0.6 is 0 Å². The summed E-state index contributed by atoms with van der Waals surface area (Å²) in [5.41, 5.74) is 0. The van der Waals surface area contributed by atoms with Crippen molar-refractivity contribution >= 4 is 5.78 Å². The Morgan fingerprint density at radius 2 is 2.15 bits per heavy atom. The predicted molar refractivity (Wildman–Crippen MR) is 54.7 cm³/mol. The van der Waals surface area contributed by atoms with Crippen molar-refractivity contribution < 1.29 is 4.79 Å². The molecule has 0 radical (unpaired) electrons. The fraction of sp³-hybridized carbons (Fsp3) is 0.909. The number of rotatable bonds is 3. The number of nitrogens with zero attached hydrogens (tertiary/aromatic N) is 1. The Hall–Kier alpha value is -0.370. The van der Waals surface area contributed by atoms with E-state index < -0.39 is 0 Å². The van der Waals surface area contributed by atoms with Gasteiger partial charge < -0.3 is 4.90 Å². The van der Waals surface area contributed by atoms with Gasteiger partial charge in [-0.2, -0.15) is 0 Å². The number of carbonyl (C=O) groups excluding carboxylic acids is 1. The second kappa shape index (κ2) is 4.75. The van der Waals surface area contributed by atoms with Crippen molar-refractivity contribution in [3.8, 4) is 0 Å². The zero-order valence-electron chi connectivity index (χ0n) is 9.05. The molecule has 0 bridgehead atoms. The van der Waals surface area contributed by atoms with Crippen LogP contribution in [0.2, 0.25) is 0 Å². The van der Waals surface area contributed by atoms with E-state index in [0.717, 1.165) is 25.8 Å². The molecule has 0 aliphatic heterocycles. The predicted octanol–water partition coefficient (Wildman–Crippen LogP) is 2.09. The van der Waals surface area contributed by atoms with Crippen LogP contribution in [0.3, 0.4) is 0 Å². The summed E-state index contributed by atoms with van der Waals surface area (Å²) in [6.45, 7) is 5.30. The summed E-state index contributed by atoms with van der Waals surface area (Å²) < 4.78 is 0. The summed E-state index contributed by atoms with van der Waals surface area (Å²) in [6, 6.07) is 0.551. The molecular formula is C11H21NO. The molecule has 0 heterocycles. The summed E-state index contributed by atoms with van der Waals surface area (Å²) in [5, 5.41) is 0. The smallest absolute Gasteiger partial charge is 0.137 e. The van der Waals surface area contributed by atoms with Gasteiger partial charge in [0.25, 0.3) is 0 Å². The van der Waals surface area contributed by atoms with Crippen molar-refractivity contribution in [2.45, 2.75) is 45.6 Å².